The van der Waals surface area contributed by atoms with Crippen LogP contribution in [0.25, 0.3) is 22.0 Å². The van der Waals surface area contributed by atoms with Crippen molar-refractivity contribution in [1.29, 1.82) is 0 Å². The second kappa shape index (κ2) is 8.26. The van der Waals surface area contributed by atoms with E-state index in [2.05, 4.69) is 5.10 Å². The highest BCUT2D eigenvalue weighted by molar-refractivity contribution is 5.96. The first-order valence-corrected chi connectivity index (χ1v) is 9.75. The van der Waals surface area contributed by atoms with Crippen molar-refractivity contribution in [3.05, 3.63) is 89.6 Å². The quantitative estimate of drug-likeness (QED) is 0.372. The Kier molecular flexibility index (Phi) is 5.50. The van der Waals surface area contributed by atoms with Gasteiger partial charge in [0.25, 0.3) is 0 Å². The van der Waals surface area contributed by atoms with Gasteiger partial charge in [-0.15, -0.1) is 0 Å². The van der Waals surface area contributed by atoms with Crippen LogP contribution in [-0.2, 0) is 17.5 Å². The molecule has 0 aliphatic heterocycles. The average molecular weight is 424 g/mol. The minimum Gasteiger partial charge on any atom is -0.462 e. The van der Waals surface area contributed by atoms with E-state index in [1.54, 1.807) is 42.1 Å². The average Bonchev–Trinajstić information content (AvgIpc) is 3.16. The number of alkyl halides is 3. The van der Waals surface area contributed by atoms with Crippen LogP contribution in [0.5, 0.6) is 0 Å². The van der Waals surface area contributed by atoms with E-state index in [1.165, 1.54) is 6.07 Å². The van der Waals surface area contributed by atoms with Crippen LogP contribution < -0.4 is 0 Å². The molecule has 0 fully saturated rings. The summed E-state index contributed by atoms with van der Waals surface area (Å²) in [6.45, 7) is 2.25. The Bertz CT molecular complexity index is 1250. The van der Waals surface area contributed by atoms with Crippen LogP contribution in [0.4, 0.5) is 13.2 Å². The van der Waals surface area contributed by atoms with Gasteiger partial charge in [0.1, 0.15) is 5.52 Å². The predicted molar refractivity (Wildman–Crippen MR) is 112 cm³/mol. The second-order valence-electron chi connectivity index (χ2n) is 7.07. The third-order valence-electron chi connectivity index (χ3n) is 4.87. The van der Waals surface area contributed by atoms with Crippen LogP contribution in [0.15, 0.2) is 72.9 Å². The monoisotopic (exact) mass is 424 g/mol. The number of carbonyl (C=O) groups excluding carboxylic acids is 1. The molecule has 4 aromatic rings. The van der Waals surface area contributed by atoms with Crippen LogP contribution in [0.2, 0.25) is 0 Å². The Balaban J connectivity index is 1.69. The van der Waals surface area contributed by atoms with Gasteiger partial charge in [-0.05, 0) is 42.3 Å². The van der Waals surface area contributed by atoms with Gasteiger partial charge in [-0.25, -0.2) is 4.79 Å². The molecule has 0 amide bonds. The maximum absolute atomic E-state index is 13.0. The molecule has 4 rings (SSSR count). The molecular formula is C24H19F3N2O2. The molecule has 0 aliphatic carbocycles. The van der Waals surface area contributed by atoms with Gasteiger partial charge in [0.05, 0.1) is 24.3 Å². The van der Waals surface area contributed by atoms with Gasteiger partial charge in [0, 0.05) is 17.1 Å². The lowest BCUT2D eigenvalue weighted by atomic mass is 10.0. The summed E-state index contributed by atoms with van der Waals surface area (Å²) in [6, 6.07) is 18.0. The number of nitrogens with zero attached hydrogens (tertiary/aromatic N) is 2. The van der Waals surface area contributed by atoms with E-state index in [-0.39, 0.29) is 6.54 Å². The van der Waals surface area contributed by atoms with E-state index in [9.17, 15) is 18.0 Å². The van der Waals surface area contributed by atoms with Crippen molar-refractivity contribution in [2.24, 2.45) is 0 Å². The van der Waals surface area contributed by atoms with Crippen molar-refractivity contribution >= 4 is 16.9 Å². The van der Waals surface area contributed by atoms with E-state index in [4.69, 9.17) is 4.74 Å². The van der Waals surface area contributed by atoms with Crippen molar-refractivity contribution in [1.82, 2.24) is 9.78 Å². The zero-order chi connectivity index (χ0) is 22.0. The molecule has 0 aliphatic rings. The SMILES string of the molecule is CCOC(=O)c1cccc(-c2cccc3cn(Cc4cccc(C(F)(F)F)c4)nc23)c1. The number of hydrogen-bond donors (Lipinski definition) is 0. The molecule has 4 nitrogen and oxygen atoms in total. The molecule has 31 heavy (non-hydrogen) atoms. The normalized spacial score (nSPS) is 11.6. The smallest absolute Gasteiger partial charge is 0.416 e. The van der Waals surface area contributed by atoms with E-state index in [0.717, 1.165) is 28.6 Å². The zero-order valence-corrected chi connectivity index (χ0v) is 16.7. The fourth-order valence-electron chi connectivity index (χ4n) is 3.47. The molecule has 1 heterocycles. The summed E-state index contributed by atoms with van der Waals surface area (Å²) in [5.74, 6) is -0.397. The summed E-state index contributed by atoms with van der Waals surface area (Å²) >= 11 is 0. The van der Waals surface area contributed by atoms with Crippen LogP contribution in [-0.4, -0.2) is 22.4 Å². The third kappa shape index (κ3) is 4.45. The molecule has 0 radical (unpaired) electrons. The first kappa shape index (κ1) is 20.7. The lowest BCUT2D eigenvalue weighted by molar-refractivity contribution is -0.137. The number of rotatable bonds is 5. The molecule has 3 aromatic carbocycles. The van der Waals surface area contributed by atoms with Crippen LogP contribution in [0.3, 0.4) is 0 Å². The summed E-state index contributed by atoms with van der Waals surface area (Å²) in [7, 11) is 0. The number of carbonyl (C=O) groups is 1. The summed E-state index contributed by atoms with van der Waals surface area (Å²) in [5.41, 5.74) is 2.61. The van der Waals surface area contributed by atoms with Gasteiger partial charge in [0.15, 0.2) is 0 Å². The first-order valence-electron chi connectivity index (χ1n) is 9.75. The molecule has 0 saturated carbocycles. The first-order chi connectivity index (χ1) is 14.8. The fraction of sp³-hybridized carbons (Fsp3) is 0.167. The van der Waals surface area contributed by atoms with Crippen LogP contribution in [0, 0.1) is 0 Å². The minimum absolute atomic E-state index is 0.209. The fourth-order valence-corrected chi connectivity index (χ4v) is 3.47. The van der Waals surface area contributed by atoms with Gasteiger partial charge in [-0.1, -0.05) is 42.5 Å². The summed E-state index contributed by atoms with van der Waals surface area (Å²) in [4.78, 5) is 12.1. The Morgan fingerprint density at radius 3 is 2.58 bits per heavy atom. The number of aromatic nitrogens is 2. The highest BCUT2D eigenvalue weighted by Gasteiger charge is 2.30. The number of hydrogen-bond acceptors (Lipinski definition) is 3. The molecule has 0 bridgehead atoms. The molecule has 158 valence electrons. The molecule has 0 N–H and O–H groups in total. The maximum atomic E-state index is 13.0. The van der Waals surface area contributed by atoms with E-state index >= 15 is 0 Å². The Morgan fingerprint density at radius 2 is 1.81 bits per heavy atom. The standard InChI is InChI=1S/C24H19F3N2O2/c1-2-31-23(30)18-8-4-7-17(13-18)21-11-5-9-19-15-29(28-22(19)21)14-16-6-3-10-20(12-16)24(25,26)27/h3-13,15H,2,14H2,1H3. The summed E-state index contributed by atoms with van der Waals surface area (Å²) < 4.78 is 45.7. The van der Waals surface area contributed by atoms with Gasteiger partial charge in [-0.2, -0.15) is 18.3 Å². The molecule has 0 atom stereocenters. The lowest BCUT2D eigenvalue weighted by Gasteiger charge is -2.08. The molecule has 0 unspecified atom stereocenters. The van der Waals surface area contributed by atoms with Gasteiger partial charge < -0.3 is 4.74 Å². The molecule has 7 heteroatoms. The zero-order valence-electron chi connectivity index (χ0n) is 16.7. The van der Waals surface area contributed by atoms with Crippen molar-refractivity contribution in [3.8, 4) is 11.1 Å². The van der Waals surface area contributed by atoms with Crippen LogP contribution in [0.1, 0.15) is 28.4 Å². The number of halogens is 3. The highest BCUT2D eigenvalue weighted by Crippen LogP contribution is 2.31. The van der Waals surface area contributed by atoms with Gasteiger partial charge in [0.2, 0.25) is 0 Å². The van der Waals surface area contributed by atoms with E-state index < -0.39 is 17.7 Å². The lowest BCUT2D eigenvalue weighted by Crippen LogP contribution is -2.07. The van der Waals surface area contributed by atoms with E-state index in [0.29, 0.717) is 23.3 Å². The largest absolute Gasteiger partial charge is 0.462 e. The van der Waals surface area contributed by atoms with Crippen molar-refractivity contribution < 1.29 is 22.7 Å². The highest BCUT2D eigenvalue weighted by atomic mass is 19.4. The summed E-state index contributed by atoms with van der Waals surface area (Å²) in [5, 5.41) is 5.46. The Hall–Kier alpha value is -3.61. The Morgan fingerprint density at radius 1 is 1.03 bits per heavy atom. The number of ether oxygens (including phenoxy) is 1. The van der Waals surface area contributed by atoms with E-state index in [1.807, 2.05) is 24.3 Å². The maximum Gasteiger partial charge on any atom is 0.416 e. The Labute approximate surface area is 176 Å². The number of benzene rings is 3. The summed E-state index contributed by atoms with van der Waals surface area (Å²) in [6.07, 6.45) is -2.59. The topological polar surface area (TPSA) is 44.1 Å². The van der Waals surface area contributed by atoms with Gasteiger partial charge in [-0.3, -0.25) is 4.68 Å². The molecule has 0 saturated heterocycles. The molecule has 1 aromatic heterocycles. The molecule has 0 spiro atoms. The minimum atomic E-state index is -4.39. The predicted octanol–water partition coefficient (Wildman–Crippen LogP) is 5.95. The second-order valence-corrected chi connectivity index (χ2v) is 7.07. The van der Waals surface area contributed by atoms with Crippen molar-refractivity contribution in [2.45, 2.75) is 19.6 Å². The van der Waals surface area contributed by atoms with Crippen LogP contribution >= 0.6 is 0 Å². The van der Waals surface area contributed by atoms with Crippen molar-refractivity contribution in [2.75, 3.05) is 6.61 Å². The number of esters is 1. The van der Waals surface area contributed by atoms with Gasteiger partial charge >= 0.3 is 12.1 Å². The molecular weight excluding hydrogens is 405 g/mol. The third-order valence-corrected chi connectivity index (χ3v) is 4.87. The van der Waals surface area contributed by atoms with Crippen molar-refractivity contribution in [3.63, 3.8) is 0 Å². The number of fused-ring (bicyclic) bond motifs is 1.